The second-order valence-corrected chi connectivity index (χ2v) is 4.75. The first kappa shape index (κ1) is 14.5. The third kappa shape index (κ3) is 3.47. The lowest BCUT2D eigenvalue weighted by Gasteiger charge is -2.35. The van der Waals surface area contributed by atoms with Gasteiger partial charge in [0.05, 0.1) is 0 Å². The second-order valence-electron chi connectivity index (χ2n) is 3.98. The van der Waals surface area contributed by atoms with Crippen molar-refractivity contribution in [1.82, 2.24) is 9.97 Å². The topological polar surface area (TPSA) is 55.0 Å². The fourth-order valence-corrected chi connectivity index (χ4v) is 2.49. The summed E-state index contributed by atoms with van der Waals surface area (Å²) >= 11 is 1.58. The number of piperidine rings is 1. The van der Waals surface area contributed by atoms with Crippen molar-refractivity contribution >= 4 is 30.0 Å². The van der Waals surface area contributed by atoms with Gasteiger partial charge in [0.1, 0.15) is 5.82 Å². The van der Waals surface area contributed by atoms with Crippen LogP contribution in [0, 0.1) is 0 Å². The normalized spacial score (nSPS) is 19.9. The molecule has 1 aromatic heterocycles. The molecule has 2 heterocycles. The van der Waals surface area contributed by atoms with E-state index in [1.54, 1.807) is 11.8 Å². The molecule has 96 valence electrons. The Hall–Kier alpha value is -0.520. The molecule has 1 aliphatic heterocycles. The maximum Gasteiger partial charge on any atom is 0.189 e. The maximum absolute atomic E-state index is 5.81. The molecule has 0 amide bonds. The molecule has 1 aromatic rings. The summed E-state index contributed by atoms with van der Waals surface area (Å²) in [5, 5.41) is 0.832. The third-order valence-corrected chi connectivity index (χ3v) is 3.56. The molecule has 1 saturated heterocycles. The largest absolute Gasteiger partial charge is 0.352 e. The average molecular weight is 275 g/mol. The van der Waals surface area contributed by atoms with Gasteiger partial charge in [0.25, 0.3) is 0 Å². The third-order valence-electron chi connectivity index (χ3n) is 2.99. The van der Waals surface area contributed by atoms with Crippen LogP contribution in [0.4, 0.5) is 5.82 Å². The molecule has 2 N–H and O–H groups in total. The fraction of sp³-hybridized carbons (Fsp3) is 0.636. The summed E-state index contributed by atoms with van der Waals surface area (Å²) < 4.78 is 0. The molecular weight excluding hydrogens is 256 g/mol. The SMILES string of the molecule is CSc1nccc(N2CCCCC2CN)n1.Cl. The lowest BCUT2D eigenvalue weighted by Crippen LogP contribution is -2.44. The summed E-state index contributed by atoms with van der Waals surface area (Å²) in [6.07, 6.45) is 7.51. The molecule has 0 aliphatic carbocycles. The zero-order chi connectivity index (χ0) is 11.4. The molecule has 0 spiro atoms. The molecule has 1 atom stereocenters. The van der Waals surface area contributed by atoms with Crippen molar-refractivity contribution in [3.05, 3.63) is 12.3 Å². The number of halogens is 1. The monoisotopic (exact) mass is 274 g/mol. The predicted octanol–water partition coefficient (Wildman–Crippen LogP) is 1.94. The number of thioether (sulfide) groups is 1. The highest BCUT2D eigenvalue weighted by molar-refractivity contribution is 7.98. The Morgan fingerprint density at radius 2 is 2.35 bits per heavy atom. The van der Waals surface area contributed by atoms with Crippen LogP contribution in [0.1, 0.15) is 19.3 Å². The Morgan fingerprint density at radius 3 is 3.06 bits per heavy atom. The van der Waals surface area contributed by atoms with Gasteiger partial charge in [-0.25, -0.2) is 9.97 Å². The minimum absolute atomic E-state index is 0. The Bertz CT molecular complexity index is 350. The van der Waals surface area contributed by atoms with Gasteiger partial charge in [0, 0.05) is 25.3 Å². The smallest absolute Gasteiger partial charge is 0.189 e. The lowest BCUT2D eigenvalue weighted by atomic mass is 10.0. The average Bonchev–Trinajstić information content (AvgIpc) is 2.38. The van der Waals surface area contributed by atoms with Gasteiger partial charge in [0.2, 0.25) is 0 Å². The second kappa shape index (κ2) is 7.03. The van der Waals surface area contributed by atoms with Crippen LogP contribution in [0.25, 0.3) is 0 Å². The number of nitrogens with two attached hydrogens (primary N) is 1. The number of nitrogens with zero attached hydrogens (tertiary/aromatic N) is 3. The van der Waals surface area contributed by atoms with E-state index in [4.69, 9.17) is 5.73 Å². The minimum atomic E-state index is 0. The zero-order valence-corrected chi connectivity index (χ0v) is 11.6. The fourth-order valence-electron chi connectivity index (χ4n) is 2.14. The lowest BCUT2D eigenvalue weighted by molar-refractivity contribution is 0.461. The van der Waals surface area contributed by atoms with Gasteiger partial charge in [-0.05, 0) is 31.6 Å². The van der Waals surface area contributed by atoms with Crippen LogP contribution < -0.4 is 10.6 Å². The molecule has 1 unspecified atom stereocenters. The van der Waals surface area contributed by atoms with E-state index in [9.17, 15) is 0 Å². The quantitative estimate of drug-likeness (QED) is 0.674. The van der Waals surface area contributed by atoms with E-state index in [1.807, 2.05) is 18.5 Å². The Balaban J connectivity index is 0.00000144. The standard InChI is InChI=1S/C11H18N4S.ClH/c1-16-11-13-6-5-10(14-11)15-7-3-2-4-9(15)8-12;/h5-6,9H,2-4,7-8,12H2,1H3;1H. The van der Waals surface area contributed by atoms with Crippen LogP contribution in [-0.4, -0.2) is 35.4 Å². The van der Waals surface area contributed by atoms with Crippen LogP contribution >= 0.6 is 24.2 Å². The molecule has 0 aromatic carbocycles. The Morgan fingerprint density at radius 1 is 1.53 bits per heavy atom. The zero-order valence-electron chi connectivity index (χ0n) is 10.0. The summed E-state index contributed by atoms with van der Waals surface area (Å²) in [5.41, 5.74) is 5.81. The number of hydrogen-bond acceptors (Lipinski definition) is 5. The van der Waals surface area contributed by atoms with E-state index < -0.39 is 0 Å². The van der Waals surface area contributed by atoms with Crippen molar-refractivity contribution in [2.75, 3.05) is 24.2 Å². The molecular formula is C11H19ClN4S. The first-order valence-corrected chi connectivity index (χ1v) is 6.91. The Kier molecular flexibility index (Phi) is 6.02. The molecule has 6 heteroatoms. The van der Waals surface area contributed by atoms with Gasteiger partial charge in [0.15, 0.2) is 5.16 Å². The van der Waals surface area contributed by atoms with Crippen molar-refractivity contribution in [1.29, 1.82) is 0 Å². The number of anilines is 1. The van der Waals surface area contributed by atoms with Gasteiger partial charge in [-0.2, -0.15) is 0 Å². The molecule has 4 nitrogen and oxygen atoms in total. The van der Waals surface area contributed by atoms with E-state index in [0.717, 1.165) is 17.5 Å². The summed E-state index contributed by atoms with van der Waals surface area (Å²) in [6.45, 7) is 1.77. The first-order valence-electron chi connectivity index (χ1n) is 5.69. The summed E-state index contributed by atoms with van der Waals surface area (Å²) in [6, 6.07) is 2.42. The van der Waals surface area contributed by atoms with Gasteiger partial charge in [-0.1, -0.05) is 11.8 Å². The van der Waals surface area contributed by atoms with Crippen molar-refractivity contribution in [3.63, 3.8) is 0 Å². The van der Waals surface area contributed by atoms with E-state index in [-0.39, 0.29) is 12.4 Å². The molecule has 0 bridgehead atoms. The molecule has 17 heavy (non-hydrogen) atoms. The number of hydrogen-bond donors (Lipinski definition) is 1. The highest BCUT2D eigenvalue weighted by Crippen LogP contribution is 2.23. The van der Waals surface area contributed by atoms with Crippen molar-refractivity contribution in [2.24, 2.45) is 5.73 Å². The van der Waals surface area contributed by atoms with Crippen molar-refractivity contribution in [2.45, 2.75) is 30.5 Å². The van der Waals surface area contributed by atoms with E-state index in [0.29, 0.717) is 12.6 Å². The summed E-state index contributed by atoms with van der Waals surface area (Å²) in [7, 11) is 0. The van der Waals surface area contributed by atoms with E-state index >= 15 is 0 Å². The summed E-state index contributed by atoms with van der Waals surface area (Å²) in [4.78, 5) is 11.1. The van der Waals surface area contributed by atoms with Crippen molar-refractivity contribution in [3.8, 4) is 0 Å². The molecule has 0 saturated carbocycles. The van der Waals surface area contributed by atoms with Crippen LogP contribution in [0.3, 0.4) is 0 Å². The molecule has 1 fully saturated rings. The highest BCUT2D eigenvalue weighted by Gasteiger charge is 2.22. The summed E-state index contributed by atoms with van der Waals surface area (Å²) in [5.74, 6) is 1.02. The number of aromatic nitrogens is 2. The van der Waals surface area contributed by atoms with Crippen molar-refractivity contribution < 1.29 is 0 Å². The van der Waals surface area contributed by atoms with Gasteiger partial charge < -0.3 is 10.6 Å². The minimum Gasteiger partial charge on any atom is -0.352 e. The molecule has 0 radical (unpaired) electrons. The first-order chi connectivity index (χ1) is 7.85. The van der Waals surface area contributed by atoms with Crippen LogP contribution in [0.15, 0.2) is 17.4 Å². The highest BCUT2D eigenvalue weighted by atomic mass is 35.5. The maximum atomic E-state index is 5.81. The van der Waals surface area contributed by atoms with Crippen LogP contribution in [0.2, 0.25) is 0 Å². The van der Waals surface area contributed by atoms with Crippen LogP contribution in [0.5, 0.6) is 0 Å². The van der Waals surface area contributed by atoms with Crippen LogP contribution in [-0.2, 0) is 0 Å². The van der Waals surface area contributed by atoms with E-state index in [1.165, 1.54) is 19.3 Å². The Labute approximate surface area is 113 Å². The van der Waals surface area contributed by atoms with Gasteiger partial charge >= 0.3 is 0 Å². The van der Waals surface area contributed by atoms with Gasteiger partial charge in [-0.15, -0.1) is 12.4 Å². The predicted molar refractivity (Wildman–Crippen MR) is 75.1 cm³/mol. The molecule has 1 aliphatic rings. The van der Waals surface area contributed by atoms with Gasteiger partial charge in [-0.3, -0.25) is 0 Å². The number of rotatable bonds is 3. The molecule has 2 rings (SSSR count). The van der Waals surface area contributed by atoms with E-state index in [2.05, 4.69) is 14.9 Å².